The smallest absolute Gasteiger partial charge is 0.230 e. The Morgan fingerprint density at radius 1 is 1.14 bits per heavy atom. The standard InChI is InChI=1S/C22H24N4OS2/c1-3-14(2)21(22-24-15-8-4-5-9-16(15)25-22)26-19(27)12-28-13-20-23-17-10-6-7-11-18(17)29-20/h4-11,14,21H,3,12-13H2,1-2H3,(H,24,25)(H,26,27). The number of hydrogen-bond donors (Lipinski definition) is 2. The van der Waals surface area contributed by atoms with Crippen LogP contribution in [-0.2, 0) is 10.5 Å². The van der Waals surface area contributed by atoms with Crippen LogP contribution in [-0.4, -0.2) is 26.6 Å². The van der Waals surface area contributed by atoms with Crippen molar-refractivity contribution in [2.45, 2.75) is 32.1 Å². The van der Waals surface area contributed by atoms with Crippen LogP contribution in [0.2, 0.25) is 0 Å². The zero-order valence-corrected chi connectivity index (χ0v) is 18.1. The maximum absolute atomic E-state index is 12.6. The maximum atomic E-state index is 12.6. The second-order valence-electron chi connectivity index (χ2n) is 7.14. The minimum Gasteiger partial charge on any atom is -0.345 e. The zero-order valence-electron chi connectivity index (χ0n) is 16.5. The predicted octanol–water partition coefficient (Wildman–Crippen LogP) is 5.31. The van der Waals surface area contributed by atoms with Crippen LogP contribution in [0.3, 0.4) is 0 Å². The monoisotopic (exact) mass is 424 g/mol. The number of carbonyl (C=O) groups excluding carboxylic acids is 1. The van der Waals surface area contributed by atoms with E-state index in [2.05, 4.69) is 35.2 Å². The third kappa shape index (κ3) is 4.62. The van der Waals surface area contributed by atoms with Crippen LogP contribution in [0.5, 0.6) is 0 Å². The van der Waals surface area contributed by atoms with Crippen molar-refractivity contribution in [1.29, 1.82) is 0 Å². The van der Waals surface area contributed by atoms with Gasteiger partial charge in [-0.3, -0.25) is 4.79 Å². The molecule has 2 atom stereocenters. The Balaban J connectivity index is 1.38. The minimum absolute atomic E-state index is 0.0295. The number of nitrogens with zero attached hydrogens (tertiary/aromatic N) is 2. The molecule has 7 heteroatoms. The normalized spacial score (nSPS) is 13.6. The first-order chi connectivity index (χ1) is 14.1. The van der Waals surface area contributed by atoms with Crippen LogP contribution in [0.15, 0.2) is 48.5 Å². The Bertz CT molecular complexity index is 1050. The topological polar surface area (TPSA) is 70.7 Å². The van der Waals surface area contributed by atoms with Gasteiger partial charge in [0.2, 0.25) is 5.91 Å². The summed E-state index contributed by atoms with van der Waals surface area (Å²) in [5, 5.41) is 4.24. The molecule has 2 N–H and O–H groups in total. The van der Waals surface area contributed by atoms with E-state index in [1.807, 2.05) is 42.5 Å². The molecule has 0 aliphatic rings. The first kappa shape index (κ1) is 19.9. The van der Waals surface area contributed by atoms with Gasteiger partial charge < -0.3 is 10.3 Å². The number of nitrogens with one attached hydrogen (secondary N) is 2. The summed E-state index contributed by atoms with van der Waals surface area (Å²) in [5.41, 5.74) is 2.95. The molecule has 0 fully saturated rings. The molecule has 0 radical (unpaired) electrons. The number of thiazole rings is 1. The van der Waals surface area contributed by atoms with Crippen LogP contribution < -0.4 is 5.32 Å². The largest absolute Gasteiger partial charge is 0.345 e. The van der Waals surface area contributed by atoms with Crippen LogP contribution in [0.25, 0.3) is 21.3 Å². The average Bonchev–Trinajstić information content (AvgIpc) is 3.34. The van der Waals surface area contributed by atoms with E-state index in [1.165, 1.54) is 4.70 Å². The second-order valence-corrected chi connectivity index (χ2v) is 9.24. The minimum atomic E-state index is -0.122. The Morgan fingerprint density at radius 2 is 1.90 bits per heavy atom. The molecule has 1 amide bonds. The van der Waals surface area contributed by atoms with Crippen LogP contribution >= 0.6 is 23.1 Å². The van der Waals surface area contributed by atoms with Crippen molar-refractivity contribution in [2.75, 3.05) is 5.75 Å². The van der Waals surface area contributed by atoms with E-state index in [1.54, 1.807) is 23.1 Å². The van der Waals surface area contributed by atoms with E-state index in [-0.39, 0.29) is 17.9 Å². The van der Waals surface area contributed by atoms with E-state index in [4.69, 9.17) is 4.98 Å². The van der Waals surface area contributed by atoms with Gasteiger partial charge in [-0.25, -0.2) is 9.97 Å². The molecule has 0 bridgehead atoms. The fraction of sp³-hybridized carbons (Fsp3) is 0.318. The molecule has 0 saturated carbocycles. The van der Waals surface area contributed by atoms with Gasteiger partial charge in [-0.15, -0.1) is 23.1 Å². The van der Waals surface area contributed by atoms with E-state index in [0.717, 1.165) is 39.6 Å². The van der Waals surface area contributed by atoms with Crippen LogP contribution in [0.4, 0.5) is 0 Å². The van der Waals surface area contributed by atoms with E-state index in [0.29, 0.717) is 5.75 Å². The molecule has 0 aliphatic carbocycles. The SMILES string of the molecule is CCC(C)C(NC(=O)CSCc1nc2ccccc2s1)c1nc2ccccc2[nH]1. The van der Waals surface area contributed by atoms with E-state index >= 15 is 0 Å². The number of amides is 1. The highest BCUT2D eigenvalue weighted by atomic mass is 32.2. The van der Waals surface area contributed by atoms with E-state index < -0.39 is 0 Å². The quantitative estimate of drug-likeness (QED) is 0.402. The molecular formula is C22H24N4OS2. The van der Waals surface area contributed by atoms with Crippen molar-refractivity contribution in [2.24, 2.45) is 5.92 Å². The molecule has 2 aromatic carbocycles. The number of carbonyl (C=O) groups is 1. The van der Waals surface area contributed by atoms with Gasteiger partial charge in [0.1, 0.15) is 10.8 Å². The second kappa shape index (κ2) is 8.97. The summed E-state index contributed by atoms with van der Waals surface area (Å²) in [4.78, 5) is 25.3. The average molecular weight is 425 g/mol. The van der Waals surface area contributed by atoms with Crippen molar-refractivity contribution in [3.63, 3.8) is 0 Å². The zero-order chi connectivity index (χ0) is 20.2. The Hall–Kier alpha value is -2.38. The summed E-state index contributed by atoms with van der Waals surface area (Å²) >= 11 is 3.29. The highest BCUT2D eigenvalue weighted by Gasteiger charge is 2.23. The lowest BCUT2D eigenvalue weighted by Gasteiger charge is -2.22. The lowest BCUT2D eigenvalue weighted by molar-refractivity contribution is -0.119. The van der Waals surface area contributed by atoms with Crippen molar-refractivity contribution in [3.05, 3.63) is 59.4 Å². The number of hydrogen-bond acceptors (Lipinski definition) is 5. The molecule has 0 spiro atoms. The molecular weight excluding hydrogens is 400 g/mol. The fourth-order valence-corrected chi connectivity index (χ4v) is 5.12. The molecule has 4 rings (SSSR count). The molecule has 5 nitrogen and oxygen atoms in total. The fourth-order valence-electron chi connectivity index (χ4n) is 3.26. The van der Waals surface area contributed by atoms with Gasteiger partial charge in [-0.05, 0) is 30.2 Å². The van der Waals surface area contributed by atoms with Crippen molar-refractivity contribution < 1.29 is 4.79 Å². The molecule has 2 heterocycles. The first-order valence-corrected chi connectivity index (χ1v) is 11.8. The van der Waals surface area contributed by atoms with Crippen molar-refractivity contribution in [1.82, 2.24) is 20.3 Å². The summed E-state index contributed by atoms with van der Waals surface area (Å²) in [5.74, 6) is 2.29. The molecule has 4 aromatic rings. The number of aromatic nitrogens is 3. The number of benzene rings is 2. The van der Waals surface area contributed by atoms with Gasteiger partial charge >= 0.3 is 0 Å². The highest BCUT2D eigenvalue weighted by Crippen LogP contribution is 2.26. The Labute approximate surface area is 178 Å². The Kier molecular flexibility index (Phi) is 6.16. The summed E-state index contributed by atoms with van der Waals surface area (Å²) in [6.07, 6.45) is 0.959. The molecule has 0 aliphatic heterocycles. The van der Waals surface area contributed by atoms with Gasteiger partial charge in [-0.1, -0.05) is 44.5 Å². The maximum Gasteiger partial charge on any atom is 0.230 e. The molecule has 29 heavy (non-hydrogen) atoms. The number of H-pyrrole nitrogens is 1. The number of aromatic amines is 1. The summed E-state index contributed by atoms with van der Waals surface area (Å²) < 4.78 is 1.19. The number of para-hydroxylation sites is 3. The van der Waals surface area contributed by atoms with Gasteiger partial charge in [-0.2, -0.15) is 0 Å². The van der Waals surface area contributed by atoms with Crippen molar-refractivity contribution in [3.8, 4) is 0 Å². The molecule has 0 saturated heterocycles. The summed E-state index contributed by atoms with van der Waals surface area (Å²) in [7, 11) is 0. The third-order valence-corrected chi connectivity index (χ3v) is 7.19. The van der Waals surface area contributed by atoms with Gasteiger partial charge in [0.05, 0.1) is 33.0 Å². The summed E-state index contributed by atoms with van der Waals surface area (Å²) in [6.45, 7) is 4.28. The van der Waals surface area contributed by atoms with Crippen LogP contribution in [0, 0.1) is 5.92 Å². The number of thioether (sulfide) groups is 1. The number of fused-ring (bicyclic) bond motifs is 2. The first-order valence-electron chi connectivity index (χ1n) is 9.80. The van der Waals surface area contributed by atoms with Gasteiger partial charge in [0, 0.05) is 5.75 Å². The number of imidazole rings is 1. The molecule has 150 valence electrons. The predicted molar refractivity (Wildman–Crippen MR) is 122 cm³/mol. The number of rotatable bonds is 8. The molecule has 2 aromatic heterocycles. The highest BCUT2D eigenvalue weighted by molar-refractivity contribution is 7.99. The third-order valence-electron chi connectivity index (χ3n) is 5.03. The lowest BCUT2D eigenvalue weighted by atomic mass is 9.98. The van der Waals surface area contributed by atoms with Gasteiger partial charge in [0.25, 0.3) is 0 Å². The van der Waals surface area contributed by atoms with Gasteiger partial charge in [0.15, 0.2) is 0 Å². The lowest BCUT2D eigenvalue weighted by Crippen LogP contribution is -2.34. The van der Waals surface area contributed by atoms with Crippen LogP contribution in [0.1, 0.15) is 37.1 Å². The van der Waals surface area contributed by atoms with Crippen molar-refractivity contribution >= 4 is 50.3 Å². The molecule has 2 unspecified atom stereocenters. The van der Waals surface area contributed by atoms with E-state index in [9.17, 15) is 4.79 Å². The Morgan fingerprint density at radius 3 is 2.66 bits per heavy atom. The summed E-state index contributed by atoms with van der Waals surface area (Å²) in [6, 6.07) is 16.0.